The summed E-state index contributed by atoms with van der Waals surface area (Å²) in [5.74, 6) is -0.354. The molecule has 7 nitrogen and oxygen atoms in total. The van der Waals surface area contributed by atoms with Gasteiger partial charge in [0, 0.05) is 29.8 Å². The number of halogens is 1. The van der Waals surface area contributed by atoms with E-state index in [0.29, 0.717) is 28.7 Å². The molecule has 1 amide bonds. The van der Waals surface area contributed by atoms with Crippen LogP contribution in [0.4, 0.5) is 5.69 Å². The molecule has 3 atom stereocenters. The number of esters is 1. The van der Waals surface area contributed by atoms with Crippen LogP contribution in [0, 0.1) is 5.92 Å². The number of amides is 1. The van der Waals surface area contributed by atoms with E-state index in [0.717, 1.165) is 10.0 Å². The molecule has 1 saturated heterocycles. The first-order chi connectivity index (χ1) is 15.2. The molecule has 0 radical (unpaired) electrons. The van der Waals surface area contributed by atoms with E-state index in [9.17, 15) is 9.59 Å². The number of rotatable bonds is 4. The number of fused-ring (bicyclic) bond motifs is 4. The number of carbonyl (C=O) groups excluding carboxylic acids is 2. The zero-order chi connectivity index (χ0) is 23.2. The fraction of sp³-hybridized carbons (Fsp3) is 0.348. The van der Waals surface area contributed by atoms with Crippen molar-refractivity contribution in [1.29, 1.82) is 0 Å². The van der Waals surface area contributed by atoms with Crippen LogP contribution in [0.1, 0.15) is 35.8 Å². The second-order valence-electron chi connectivity index (χ2n) is 8.08. The van der Waals surface area contributed by atoms with E-state index in [-0.39, 0.29) is 11.9 Å². The van der Waals surface area contributed by atoms with Crippen LogP contribution >= 0.6 is 28.1 Å². The van der Waals surface area contributed by atoms with Crippen LogP contribution < -0.4 is 15.0 Å². The van der Waals surface area contributed by atoms with E-state index in [2.05, 4.69) is 21.2 Å². The Morgan fingerprint density at radius 3 is 2.56 bits per heavy atom. The molecule has 9 heteroatoms. The molecule has 4 rings (SSSR count). The second-order valence-corrected chi connectivity index (χ2v) is 9.38. The zero-order valence-corrected chi connectivity index (χ0v) is 20.6. The largest absolute Gasteiger partial charge is 0.467 e. The molecular formula is C23H24BrN3O4S. The maximum absolute atomic E-state index is 13.4. The molecule has 1 N–H and O–H groups in total. The molecule has 0 aliphatic carbocycles. The monoisotopic (exact) mass is 517 g/mol. The summed E-state index contributed by atoms with van der Waals surface area (Å²) in [7, 11) is 3.46. The molecule has 0 spiro atoms. The predicted molar refractivity (Wildman–Crippen MR) is 129 cm³/mol. The lowest BCUT2D eigenvalue weighted by atomic mass is 9.78. The molecule has 1 fully saturated rings. The van der Waals surface area contributed by atoms with Crippen LogP contribution in [-0.2, 0) is 9.53 Å². The Hall–Kier alpha value is -2.65. The Bertz CT molecular complexity index is 1090. The van der Waals surface area contributed by atoms with Gasteiger partial charge in [-0.2, -0.15) is 0 Å². The van der Waals surface area contributed by atoms with Gasteiger partial charge in [0.05, 0.1) is 18.2 Å². The molecular weight excluding hydrogens is 494 g/mol. The predicted octanol–water partition coefficient (Wildman–Crippen LogP) is 3.87. The van der Waals surface area contributed by atoms with Gasteiger partial charge in [-0.3, -0.25) is 9.69 Å². The molecule has 2 aliphatic rings. The molecule has 2 aromatic carbocycles. The van der Waals surface area contributed by atoms with E-state index in [1.165, 1.54) is 0 Å². The molecule has 0 aromatic heterocycles. The van der Waals surface area contributed by atoms with Gasteiger partial charge in [0.1, 0.15) is 11.7 Å². The first-order valence-electron chi connectivity index (χ1n) is 10.2. The molecule has 2 heterocycles. The fourth-order valence-electron chi connectivity index (χ4n) is 4.36. The van der Waals surface area contributed by atoms with Crippen molar-refractivity contribution in [2.24, 2.45) is 5.92 Å². The third kappa shape index (κ3) is 3.63. The van der Waals surface area contributed by atoms with Gasteiger partial charge in [-0.25, -0.2) is 4.79 Å². The summed E-state index contributed by atoms with van der Waals surface area (Å²) in [4.78, 5) is 28.8. The number of ether oxygens (including phenoxy) is 2. The van der Waals surface area contributed by atoms with Crippen LogP contribution in [0.3, 0.4) is 0 Å². The average molecular weight is 518 g/mol. The van der Waals surface area contributed by atoms with Gasteiger partial charge < -0.3 is 19.7 Å². The lowest BCUT2D eigenvalue weighted by Crippen LogP contribution is -2.72. The number of thiocarbonyl (C=S) groups is 1. The van der Waals surface area contributed by atoms with Crippen LogP contribution in [0.15, 0.2) is 46.9 Å². The minimum atomic E-state index is -1.08. The second kappa shape index (κ2) is 8.37. The summed E-state index contributed by atoms with van der Waals surface area (Å²) in [5, 5.41) is 3.81. The highest BCUT2D eigenvalue weighted by atomic mass is 79.9. The van der Waals surface area contributed by atoms with Gasteiger partial charge in [0.15, 0.2) is 10.8 Å². The maximum Gasteiger partial charge on any atom is 0.338 e. The Balaban J connectivity index is 1.81. The number of hydrogen-bond donors (Lipinski definition) is 1. The van der Waals surface area contributed by atoms with Gasteiger partial charge in [0.2, 0.25) is 5.91 Å². The van der Waals surface area contributed by atoms with Crippen LogP contribution in [0.2, 0.25) is 0 Å². The lowest BCUT2D eigenvalue weighted by molar-refractivity contribution is -0.144. The van der Waals surface area contributed by atoms with Crippen molar-refractivity contribution >= 4 is 50.8 Å². The minimum Gasteiger partial charge on any atom is -0.467 e. The maximum atomic E-state index is 13.4. The van der Waals surface area contributed by atoms with Crippen LogP contribution in [-0.4, -0.2) is 48.3 Å². The Labute approximate surface area is 200 Å². The van der Waals surface area contributed by atoms with Gasteiger partial charge in [-0.05, 0) is 68.5 Å². The number of benzene rings is 2. The van der Waals surface area contributed by atoms with Crippen molar-refractivity contribution in [1.82, 2.24) is 10.2 Å². The van der Waals surface area contributed by atoms with E-state index >= 15 is 0 Å². The summed E-state index contributed by atoms with van der Waals surface area (Å²) >= 11 is 9.25. The molecule has 0 saturated carbocycles. The summed E-state index contributed by atoms with van der Waals surface area (Å²) in [6.07, 6.45) is 0. The SMILES string of the molecule is CCOC(=O)c1ccc(N2C(=S)N[C@H]3c4cc(Br)ccc4O[C@@]2(C)[C@H]3C(=O)N(C)C)cc1. The molecule has 2 bridgehead atoms. The minimum absolute atomic E-state index is 0.0775. The van der Waals surface area contributed by atoms with Crippen LogP contribution in [0.25, 0.3) is 0 Å². The van der Waals surface area contributed by atoms with Crippen molar-refractivity contribution in [2.45, 2.75) is 25.6 Å². The standard InChI is InChI=1S/C23H24BrN3O4S/c1-5-30-21(29)13-6-9-15(10-7-13)27-22(32)25-19-16-12-14(24)8-11-17(16)31-23(27,2)18(19)20(28)26(3)4/h6-12,18-19H,5H2,1-4H3,(H,25,32)/t18-,19+,23+/m1/s1. The quantitative estimate of drug-likeness (QED) is 0.487. The number of carbonyl (C=O) groups is 2. The summed E-state index contributed by atoms with van der Waals surface area (Å²) in [6.45, 7) is 3.95. The van der Waals surface area contributed by atoms with E-state index in [4.69, 9.17) is 21.7 Å². The molecule has 32 heavy (non-hydrogen) atoms. The van der Waals surface area contributed by atoms with Crippen molar-refractivity contribution in [3.05, 3.63) is 58.1 Å². The summed E-state index contributed by atoms with van der Waals surface area (Å²) in [5.41, 5.74) is 0.932. The number of nitrogens with zero attached hydrogens (tertiary/aromatic N) is 2. The summed E-state index contributed by atoms with van der Waals surface area (Å²) < 4.78 is 12.5. The van der Waals surface area contributed by atoms with Crippen molar-refractivity contribution < 1.29 is 19.1 Å². The third-order valence-corrected chi connectivity index (χ3v) is 6.60. The van der Waals surface area contributed by atoms with Gasteiger partial charge >= 0.3 is 5.97 Å². The van der Waals surface area contributed by atoms with E-state index < -0.39 is 17.6 Å². The number of hydrogen-bond acceptors (Lipinski definition) is 5. The highest BCUT2D eigenvalue weighted by Gasteiger charge is 2.59. The van der Waals surface area contributed by atoms with Gasteiger partial charge in [-0.15, -0.1) is 0 Å². The Kier molecular flexibility index (Phi) is 5.89. The summed E-state index contributed by atoms with van der Waals surface area (Å²) in [6, 6.07) is 12.3. The number of nitrogens with one attached hydrogen (secondary N) is 1. The highest BCUT2D eigenvalue weighted by molar-refractivity contribution is 9.10. The van der Waals surface area contributed by atoms with Crippen molar-refractivity contribution in [3.63, 3.8) is 0 Å². The topological polar surface area (TPSA) is 71.1 Å². The Morgan fingerprint density at radius 1 is 1.25 bits per heavy atom. The van der Waals surface area contributed by atoms with Crippen LogP contribution in [0.5, 0.6) is 5.75 Å². The molecule has 2 aliphatic heterocycles. The average Bonchev–Trinajstić information content (AvgIpc) is 2.74. The van der Waals surface area contributed by atoms with Crippen molar-refractivity contribution in [3.8, 4) is 5.75 Å². The molecule has 2 aromatic rings. The highest BCUT2D eigenvalue weighted by Crippen LogP contribution is 2.50. The third-order valence-electron chi connectivity index (χ3n) is 5.80. The zero-order valence-electron chi connectivity index (χ0n) is 18.2. The molecule has 168 valence electrons. The van der Waals surface area contributed by atoms with Gasteiger partial charge in [-0.1, -0.05) is 15.9 Å². The van der Waals surface area contributed by atoms with E-state index in [1.807, 2.05) is 30.0 Å². The smallest absolute Gasteiger partial charge is 0.338 e. The van der Waals surface area contributed by atoms with E-state index in [1.54, 1.807) is 50.2 Å². The lowest BCUT2D eigenvalue weighted by Gasteiger charge is -2.56. The number of anilines is 1. The molecule has 0 unspecified atom stereocenters. The Morgan fingerprint density at radius 2 is 1.94 bits per heavy atom. The normalized spacial score (nSPS) is 23.5. The fourth-order valence-corrected chi connectivity index (χ4v) is 5.15. The van der Waals surface area contributed by atoms with Gasteiger partial charge in [0.25, 0.3) is 0 Å². The first-order valence-corrected chi connectivity index (χ1v) is 11.4. The van der Waals surface area contributed by atoms with Crippen molar-refractivity contribution in [2.75, 3.05) is 25.6 Å². The first kappa shape index (κ1) is 22.5.